The molecule has 0 atom stereocenters. The molecule has 0 spiro atoms. The van der Waals surface area contributed by atoms with E-state index in [0.717, 1.165) is 21.6 Å². The van der Waals surface area contributed by atoms with Crippen molar-refractivity contribution in [2.75, 3.05) is 4.72 Å². The predicted molar refractivity (Wildman–Crippen MR) is 79.5 cm³/mol. The minimum Gasteiger partial charge on any atom is -0.476 e. The van der Waals surface area contributed by atoms with Crippen LogP contribution in [-0.4, -0.2) is 29.5 Å². The third-order valence-corrected chi connectivity index (χ3v) is 6.11. The Morgan fingerprint density at radius 1 is 1.19 bits per heavy atom. The van der Waals surface area contributed by atoms with Gasteiger partial charge in [-0.1, -0.05) is 0 Å². The zero-order valence-corrected chi connectivity index (χ0v) is 12.6. The Morgan fingerprint density at radius 2 is 1.95 bits per heavy atom. The van der Waals surface area contributed by atoms with E-state index in [-0.39, 0.29) is 4.21 Å². The lowest BCUT2D eigenvalue weighted by Crippen LogP contribution is -2.15. The van der Waals surface area contributed by atoms with Gasteiger partial charge >= 0.3 is 5.97 Å². The van der Waals surface area contributed by atoms with Gasteiger partial charge in [0.05, 0.1) is 26.9 Å². The topological polar surface area (TPSA) is 109 Å². The molecule has 0 radical (unpaired) electrons. The van der Waals surface area contributed by atoms with Crippen LogP contribution in [0.15, 0.2) is 33.4 Å². The molecule has 0 amide bonds. The minimum absolute atomic E-state index is 0.320. The Hall–Kier alpha value is -2.04. The van der Waals surface area contributed by atoms with E-state index in [4.69, 9.17) is 5.11 Å². The Labute approximate surface area is 127 Å². The SMILES string of the molecule is O=C(O)c1ncsc1S(=O)(=O)Nc1ccc2ncsc2c1. The number of sulfonamides is 1. The van der Waals surface area contributed by atoms with E-state index in [0.29, 0.717) is 5.69 Å². The lowest BCUT2D eigenvalue weighted by atomic mass is 10.3. The van der Waals surface area contributed by atoms with Gasteiger partial charge in [-0.3, -0.25) is 4.72 Å². The third kappa shape index (κ3) is 2.60. The number of aromatic carboxylic acids is 1. The van der Waals surface area contributed by atoms with E-state index in [1.54, 1.807) is 23.7 Å². The molecule has 3 rings (SSSR count). The average molecular weight is 341 g/mol. The zero-order valence-electron chi connectivity index (χ0n) is 10.2. The first-order valence-electron chi connectivity index (χ1n) is 5.50. The summed E-state index contributed by atoms with van der Waals surface area (Å²) in [4.78, 5) is 18.6. The molecule has 3 aromatic rings. The van der Waals surface area contributed by atoms with Crippen molar-refractivity contribution in [3.05, 3.63) is 34.9 Å². The van der Waals surface area contributed by atoms with E-state index in [1.807, 2.05) is 0 Å². The van der Waals surface area contributed by atoms with Crippen LogP contribution < -0.4 is 4.72 Å². The first-order valence-corrected chi connectivity index (χ1v) is 8.74. The summed E-state index contributed by atoms with van der Waals surface area (Å²) in [5, 5.41) is 8.94. The second-order valence-corrected chi connectivity index (χ2v) is 7.55. The number of hydrogen-bond donors (Lipinski definition) is 2. The second kappa shape index (κ2) is 5.06. The largest absolute Gasteiger partial charge is 0.476 e. The lowest BCUT2D eigenvalue weighted by molar-refractivity contribution is 0.0687. The highest BCUT2D eigenvalue weighted by molar-refractivity contribution is 7.94. The molecule has 0 aliphatic rings. The van der Waals surface area contributed by atoms with Crippen molar-refractivity contribution >= 4 is 54.6 Å². The lowest BCUT2D eigenvalue weighted by Gasteiger charge is -2.06. The number of anilines is 1. The summed E-state index contributed by atoms with van der Waals surface area (Å²) in [6.07, 6.45) is 0. The van der Waals surface area contributed by atoms with Crippen LogP contribution in [0.1, 0.15) is 10.5 Å². The van der Waals surface area contributed by atoms with Crippen LogP contribution in [0.2, 0.25) is 0 Å². The highest BCUT2D eigenvalue weighted by Gasteiger charge is 2.25. The van der Waals surface area contributed by atoms with Gasteiger partial charge in [-0.15, -0.1) is 22.7 Å². The Kier molecular flexibility index (Phi) is 3.35. The molecule has 108 valence electrons. The Balaban J connectivity index is 1.98. The summed E-state index contributed by atoms with van der Waals surface area (Å²) in [7, 11) is -3.99. The van der Waals surface area contributed by atoms with Crippen LogP contribution in [0.4, 0.5) is 5.69 Å². The highest BCUT2D eigenvalue weighted by atomic mass is 32.2. The van der Waals surface area contributed by atoms with Gasteiger partial charge in [-0.2, -0.15) is 0 Å². The molecular weight excluding hydrogens is 334 g/mol. The average Bonchev–Trinajstić information content (AvgIpc) is 3.06. The molecule has 0 aliphatic carbocycles. The number of aromatic nitrogens is 2. The number of nitrogens with one attached hydrogen (secondary N) is 1. The molecule has 0 aliphatic heterocycles. The van der Waals surface area contributed by atoms with Gasteiger partial charge in [0.1, 0.15) is 0 Å². The summed E-state index contributed by atoms with van der Waals surface area (Å²) < 4.78 is 27.4. The van der Waals surface area contributed by atoms with Crippen molar-refractivity contribution in [1.29, 1.82) is 0 Å². The predicted octanol–water partition coefficient (Wildman–Crippen LogP) is 2.25. The maximum absolute atomic E-state index is 12.2. The molecule has 7 nitrogen and oxygen atoms in total. The number of nitrogens with zero attached hydrogens (tertiary/aromatic N) is 2. The van der Waals surface area contributed by atoms with Gasteiger partial charge in [-0.05, 0) is 18.2 Å². The summed E-state index contributed by atoms with van der Waals surface area (Å²) >= 11 is 2.14. The molecule has 0 bridgehead atoms. The number of benzene rings is 1. The molecule has 0 saturated heterocycles. The van der Waals surface area contributed by atoms with Crippen molar-refractivity contribution in [1.82, 2.24) is 9.97 Å². The van der Waals surface area contributed by atoms with Gasteiger partial charge in [0, 0.05) is 0 Å². The van der Waals surface area contributed by atoms with Crippen molar-refractivity contribution in [3.63, 3.8) is 0 Å². The molecule has 0 fully saturated rings. The van der Waals surface area contributed by atoms with Gasteiger partial charge in [-0.25, -0.2) is 23.2 Å². The van der Waals surface area contributed by atoms with Gasteiger partial charge in [0.2, 0.25) is 0 Å². The molecular formula is C11H7N3O4S3. The van der Waals surface area contributed by atoms with E-state index < -0.39 is 21.7 Å². The number of hydrogen-bond acceptors (Lipinski definition) is 7. The molecule has 10 heteroatoms. The number of fused-ring (bicyclic) bond motifs is 1. The van der Waals surface area contributed by atoms with Gasteiger partial charge in [0.25, 0.3) is 10.0 Å². The molecule has 1 aromatic carbocycles. The molecule has 2 N–H and O–H groups in total. The zero-order chi connectivity index (χ0) is 15.0. The number of rotatable bonds is 4. The summed E-state index contributed by atoms with van der Waals surface area (Å²) in [5.41, 5.74) is 3.48. The normalized spacial score (nSPS) is 11.6. The Morgan fingerprint density at radius 3 is 2.71 bits per heavy atom. The number of carboxylic acid groups (broad SMARTS) is 1. The van der Waals surface area contributed by atoms with Crippen molar-refractivity contribution in [2.24, 2.45) is 0 Å². The van der Waals surface area contributed by atoms with Crippen LogP contribution >= 0.6 is 22.7 Å². The fourth-order valence-corrected chi connectivity index (χ4v) is 4.60. The van der Waals surface area contributed by atoms with E-state index in [2.05, 4.69) is 14.7 Å². The number of carbonyl (C=O) groups is 1. The van der Waals surface area contributed by atoms with E-state index in [1.165, 1.54) is 16.8 Å². The maximum Gasteiger partial charge on any atom is 0.356 e. The van der Waals surface area contributed by atoms with Crippen LogP contribution in [0.5, 0.6) is 0 Å². The van der Waals surface area contributed by atoms with Crippen LogP contribution in [0.25, 0.3) is 10.2 Å². The monoisotopic (exact) mass is 341 g/mol. The third-order valence-electron chi connectivity index (χ3n) is 2.57. The van der Waals surface area contributed by atoms with Crippen molar-refractivity contribution < 1.29 is 18.3 Å². The van der Waals surface area contributed by atoms with Crippen LogP contribution in [0, 0.1) is 0 Å². The maximum atomic E-state index is 12.2. The first kappa shape index (κ1) is 13.9. The van der Waals surface area contributed by atoms with Crippen LogP contribution in [0.3, 0.4) is 0 Å². The van der Waals surface area contributed by atoms with Crippen molar-refractivity contribution in [2.45, 2.75) is 4.21 Å². The first-order chi connectivity index (χ1) is 9.97. The van der Waals surface area contributed by atoms with E-state index in [9.17, 15) is 13.2 Å². The quantitative estimate of drug-likeness (QED) is 0.753. The van der Waals surface area contributed by atoms with Gasteiger partial charge < -0.3 is 5.11 Å². The molecule has 0 unspecified atom stereocenters. The smallest absolute Gasteiger partial charge is 0.356 e. The molecule has 21 heavy (non-hydrogen) atoms. The molecule has 2 aromatic heterocycles. The summed E-state index contributed by atoms with van der Waals surface area (Å²) in [5.74, 6) is -1.38. The summed E-state index contributed by atoms with van der Waals surface area (Å²) in [6.45, 7) is 0. The number of carboxylic acids is 1. The van der Waals surface area contributed by atoms with Crippen molar-refractivity contribution in [3.8, 4) is 0 Å². The number of thiazole rings is 2. The molecule has 2 heterocycles. The fourth-order valence-electron chi connectivity index (χ4n) is 1.69. The minimum atomic E-state index is -3.99. The Bertz CT molecular complexity index is 929. The van der Waals surface area contributed by atoms with Gasteiger partial charge in [0.15, 0.2) is 9.90 Å². The standard InChI is InChI=1S/C11H7N3O4S3/c15-10(16)9-11(20-5-13-9)21(17,18)14-6-1-2-7-8(3-6)19-4-12-7/h1-5,14H,(H,15,16). The highest BCUT2D eigenvalue weighted by Crippen LogP contribution is 2.26. The molecule has 0 saturated carbocycles. The fraction of sp³-hybridized carbons (Fsp3) is 0. The van der Waals surface area contributed by atoms with E-state index >= 15 is 0 Å². The van der Waals surface area contributed by atoms with Crippen LogP contribution in [-0.2, 0) is 10.0 Å². The second-order valence-electron chi connectivity index (χ2n) is 3.93. The summed E-state index contributed by atoms with van der Waals surface area (Å²) in [6, 6.07) is 4.90.